The van der Waals surface area contributed by atoms with Gasteiger partial charge in [-0.1, -0.05) is 26.3 Å². The quantitative estimate of drug-likeness (QED) is 0.886. The van der Waals surface area contributed by atoms with Gasteiger partial charge in [0.1, 0.15) is 5.78 Å². The summed E-state index contributed by atoms with van der Waals surface area (Å²) in [5.74, 6) is 0.240. The molecular formula is C15H22N2O. The van der Waals surface area contributed by atoms with Gasteiger partial charge in [0.2, 0.25) is 0 Å². The van der Waals surface area contributed by atoms with Gasteiger partial charge in [0.15, 0.2) is 0 Å². The Morgan fingerprint density at radius 3 is 2.83 bits per heavy atom. The Bertz CT molecular complexity index is 427. The molecule has 18 heavy (non-hydrogen) atoms. The average Bonchev–Trinajstić information content (AvgIpc) is 2.72. The van der Waals surface area contributed by atoms with Crippen LogP contribution in [0.2, 0.25) is 0 Å². The number of Topliss-reactive ketones (excluding diaryl/α,β-unsaturated/α-hetero) is 1. The molecule has 0 aromatic carbocycles. The number of ketones is 1. The minimum Gasteiger partial charge on any atom is -0.327 e. The van der Waals surface area contributed by atoms with Crippen LogP contribution < -0.4 is 5.73 Å². The number of rotatable bonds is 4. The van der Waals surface area contributed by atoms with E-state index >= 15 is 0 Å². The van der Waals surface area contributed by atoms with Crippen molar-refractivity contribution in [2.75, 3.05) is 0 Å². The van der Waals surface area contributed by atoms with Crippen LogP contribution in [0.5, 0.6) is 0 Å². The molecule has 1 aromatic heterocycles. The van der Waals surface area contributed by atoms with Crippen LogP contribution in [0, 0.1) is 5.41 Å². The van der Waals surface area contributed by atoms with Crippen LogP contribution in [0.1, 0.15) is 44.4 Å². The summed E-state index contributed by atoms with van der Waals surface area (Å²) in [4.78, 5) is 16.7. The summed E-state index contributed by atoms with van der Waals surface area (Å²) < 4.78 is 0. The van der Waals surface area contributed by atoms with Gasteiger partial charge >= 0.3 is 0 Å². The molecule has 1 saturated carbocycles. The largest absolute Gasteiger partial charge is 0.327 e. The fourth-order valence-corrected chi connectivity index (χ4v) is 2.67. The summed E-state index contributed by atoms with van der Waals surface area (Å²) in [5, 5.41) is 0. The lowest BCUT2D eigenvalue weighted by molar-refractivity contribution is -0.127. The number of nitrogens with zero attached hydrogens (tertiary/aromatic N) is 1. The van der Waals surface area contributed by atoms with Crippen molar-refractivity contribution < 1.29 is 4.79 Å². The lowest BCUT2D eigenvalue weighted by atomic mass is 9.79. The average molecular weight is 246 g/mol. The second-order valence-electron chi connectivity index (χ2n) is 5.53. The third kappa shape index (κ3) is 2.46. The monoisotopic (exact) mass is 246 g/mol. The van der Waals surface area contributed by atoms with Gasteiger partial charge in [-0.05, 0) is 30.9 Å². The fourth-order valence-electron chi connectivity index (χ4n) is 2.67. The van der Waals surface area contributed by atoms with E-state index in [-0.39, 0.29) is 17.2 Å². The summed E-state index contributed by atoms with van der Waals surface area (Å²) in [6.45, 7) is 4.10. The van der Waals surface area contributed by atoms with Crippen molar-refractivity contribution in [1.29, 1.82) is 0 Å². The van der Waals surface area contributed by atoms with Crippen molar-refractivity contribution in [2.24, 2.45) is 11.1 Å². The van der Waals surface area contributed by atoms with Crippen molar-refractivity contribution in [1.82, 2.24) is 4.98 Å². The van der Waals surface area contributed by atoms with Crippen LogP contribution in [-0.2, 0) is 17.6 Å². The van der Waals surface area contributed by atoms with Gasteiger partial charge in [-0.25, -0.2) is 0 Å². The molecule has 98 valence electrons. The van der Waals surface area contributed by atoms with E-state index in [2.05, 4.69) is 11.9 Å². The molecule has 1 heterocycles. The zero-order chi connectivity index (χ0) is 13.2. The van der Waals surface area contributed by atoms with E-state index in [1.807, 2.05) is 25.3 Å². The van der Waals surface area contributed by atoms with Gasteiger partial charge in [0.05, 0.1) is 0 Å². The maximum absolute atomic E-state index is 12.4. The molecule has 0 amide bonds. The zero-order valence-electron chi connectivity index (χ0n) is 11.3. The molecule has 3 heteroatoms. The van der Waals surface area contributed by atoms with E-state index in [1.54, 1.807) is 0 Å². The van der Waals surface area contributed by atoms with Crippen LogP contribution >= 0.6 is 0 Å². The number of nitrogens with two attached hydrogens (primary N) is 1. The topological polar surface area (TPSA) is 56.0 Å². The fraction of sp³-hybridized carbons (Fsp3) is 0.600. The van der Waals surface area contributed by atoms with E-state index in [9.17, 15) is 4.79 Å². The second-order valence-corrected chi connectivity index (χ2v) is 5.53. The molecule has 2 atom stereocenters. The molecular weight excluding hydrogens is 224 g/mol. The molecule has 1 aliphatic carbocycles. The lowest BCUT2D eigenvalue weighted by Crippen LogP contribution is -2.42. The summed E-state index contributed by atoms with van der Waals surface area (Å²) in [5.41, 5.74) is 7.79. The second kappa shape index (κ2) is 5.19. The highest BCUT2D eigenvalue weighted by molar-refractivity contribution is 5.87. The van der Waals surface area contributed by atoms with Crippen molar-refractivity contribution in [2.45, 2.75) is 52.0 Å². The number of aromatic nitrogens is 1. The lowest BCUT2D eigenvalue weighted by Gasteiger charge is -2.27. The van der Waals surface area contributed by atoms with Gasteiger partial charge in [0.25, 0.3) is 0 Å². The van der Waals surface area contributed by atoms with Gasteiger partial charge in [-0.3, -0.25) is 9.78 Å². The Balaban J connectivity index is 2.06. The number of hydrogen-bond acceptors (Lipinski definition) is 3. The van der Waals surface area contributed by atoms with Crippen LogP contribution in [0.4, 0.5) is 0 Å². The van der Waals surface area contributed by atoms with Crippen molar-refractivity contribution in [3.05, 3.63) is 29.6 Å². The van der Waals surface area contributed by atoms with E-state index < -0.39 is 0 Å². The van der Waals surface area contributed by atoms with Crippen molar-refractivity contribution in [3.8, 4) is 0 Å². The smallest absolute Gasteiger partial charge is 0.146 e. The summed E-state index contributed by atoms with van der Waals surface area (Å²) in [6, 6.07) is 4.02. The first-order valence-electron chi connectivity index (χ1n) is 6.79. The van der Waals surface area contributed by atoms with Crippen LogP contribution in [0.3, 0.4) is 0 Å². The Hall–Kier alpha value is -1.22. The molecule has 1 fully saturated rings. The van der Waals surface area contributed by atoms with Gasteiger partial charge in [-0.15, -0.1) is 0 Å². The van der Waals surface area contributed by atoms with Gasteiger partial charge in [0, 0.05) is 29.8 Å². The Labute approximate surface area is 109 Å². The third-order valence-electron chi connectivity index (χ3n) is 4.30. The molecule has 2 rings (SSSR count). The number of carbonyl (C=O) groups is 1. The molecule has 0 radical (unpaired) electrons. The van der Waals surface area contributed by atoms with Gasteiger partial charge < -0.3 is 5.73 Å². The van der Waals surface area contributed by atoms with Crippen molar-refractivity contribution >= 4 is 5.78 Å². The molecule has 2 N–H and O–H groups in total. The summed E-state index contributed by atoms with van der Waals surface area (Å²) in [7, 11) is 0. The minimum absolute atomic E-state index is 0.0138. The normalized spacial score (nSPS) is 27.4. The minimum atomic E-state index is -0.342. The first-order valence-corrected chi connectivity index (χ1v) is 6.79. The molecule has 0 aliphatic heterocycles. The SMILES string of the molecule is CCc1ccc(CC(=O)C2(C)CCCC2N)nc1. The summed E-state index contributed by atoms with van der Waals surface area (Å²) >= 11 is 0. The van der Waals surface area contributed by atoms with E-state index in [4.69, 9.17) is 5.73 Å². The number of aryl methyl sites for hydroxylation is 1. The molecule has 0 saturated heterocycles. The van der Waals surface area contributed by atoms with Crippen molar-refractivity contribution in [3.63, 3.8) is 0 Å². The maximum Gasteiger partial charge on any atom is 0.146 e. The molecule has 1 aromatic rings. The number of carbonyl (C=O) groups excluding carboxylic acids is 1. The van der Waals surface area contributed by atoms with Gasteiger partial charge in [-0.2, -0.15) is 0 Å². The van der Waals surface area contributed by atoms with E-state index in [0.29, 0.717) is 6.42 Å². The highest BCUT2D eigenvalue weighted by Gasteiger charge is 2.42. The van der Waals surface area contributed by atoms with E-state index in [0.717, 1.165) is 31.4 Å². The van der Waals surface area contributed by atoms with Crippen LogP contribution in [0.25, 0.3) is 0 Å². The third-order valence-corrected chi connectivity index (χ3v) is 4.30. The highest BCUT2D eigenvalue weighted by atomic mass is 16.1. The molecule has 1 aliphatic rings. The highest BCUT2D eigenvalue weighted by Crippen LogP contribution is 2.38. The predicted octanol–water partition coefficient (Wildman–Crippen LogP) is 2.27. The molecule has 0 bridgehead atoms. The number of hydrogen-bond donors (Lipinski definition) is 1. The Kier molecular flexibility index (Phi) is 3.81. The first-order chi connectivity index (χ1) is 8.56. The number of pyridine rings is 1. The van der Waals surface area contributed by atoms with Crippen LogP contribution in [-0.4, -0.2) is 16.8 Å². The Morgan fingerprint density at radius 2 is 2.33 bits per heavy atom. The zero-order valence-corrected chi connectivity index (χ0v) is 11.3. The summed E-state index contributed by atoms with van der Waals surface area (Å²) in [6.07, 6.45) is 6.19. The molecule has 0 spiro atoms. The first kappa shape index (κ1) is 13.2. The molecule has 2 unspecified atom stereocenters. The van der Waals surface area contributed by atoms with E-state index in [1.165, 1.54) is 5.56 Å². The maximum atomic E-state index is 12.4. The van der Waals surface area contributed by atoms with Crippen LogP contribution in [0.15, 0.2) is 18.3 Å². The Morgan fingerprint density at radius 1 is 1.56 bits per heavy atom. The standard InChI is InChI=1S/C15H22N2O/c1-3-11-6-7-12(17-10-11)9-14(18)15(2)8-4-5-13(15)16/h6-7,10,13H,3-5,8-9,16H2,1-2H3. The molecule has 3 nitrogen and oxygen atoms in total. The predicted molar refractivity (Wildman–Crippen MR) is 72.3 cm³/mol.